The molecular weight excluding hydrogens is 679 g/mol. The molecule has 2 atom stereocenters. The molecule has 0 fully saturated rings. The Labute approximate surface area is 327 Å². The second kappa shape index (κ2) is 12.8. The molecule has 9 aromatic rings. The molecule has 3 heterocycles. The third-order valence-corrected chi connectivity index (χ3v) is 11.9. The van der Waals surface area contributed by atoms with E-state index in [-0.39, 0.29) is 12.1 Å². The van der Waals surface area contributed by atoms with Gasteiger partial charge in [0.2, 0.25) is 0 Å². The zero-order valence-corrected chi connectivity index (χ0v) is 31.2. The van der Waals surface area contributed by atoms with Crippen LogP contribution in [-0.4, -0.2) is 16.7 Å². The number of allylic oxidation sites excluding steroid dienone is 2. The summed E-state index contributed by atoms with van der Waals surface area (Å²) in [5, 5.41) is 8.83. The molecule has 266 valence electrons. The van der Waals surface area contributed by atoms with Crippen LogP contribution in [0.4, 0.5) is 17.1 Å². The third kappa shape index (κ3) is 5.12. The first-order valence-corrected chi connectivity index (χ1v) is 19.5. The number of para-hydroxylation sites is 2. The maximum absolute atomic E-state index is 4.75. The van der Waals surface area contributed by atoms with Crippen molar-refractivity contribution in [3.8, 4) is 27.9 Å². The van der Waals surface area contributed by atoms with Gasteiger partial charge >= 0.3 is 0 Å². The van der Waals surface area contributed by atoms with Crippen molar-refractivity contribution in [3.05, 3.63) is 206 Å². The Balaban J connectivity index is 1.07. The lowest BCUT2D eigenvalue weighted by Crippen LogP contribution is -2.42. The van der Waals surface area contributed by atoms with Crippen LogP contribution in [0.5, 0.6) is 0 Å². The van der Waals surface area contributed by atoms with Gasteiger partial charge in [0.1, 0.15) is 0 Å². The van der Waals surface area contributed by atoms with Crippen molar-refractivity contribution in [3.63, 3.8) is 0 Å². The van der Waals surface area contributed by atoms with E-state index in [4.69, 9.17) is 6.58 Å². The summed E-state index contributed by atoms with van der Waals surface area (Å²) < 4.78 is 2.40. The van der Waals surface area contributed by atoms with Gasteiger partial charge in [-0.1, -0.05) is 128 Å². The summed E-state index contributed by atoms with van der Waals surface area (Å²) in [6.45, 7) is 7.10. The molecule has 8 aromatic carbocycles. The molecule has 3 heteroatoms. The van der Waals surface area contributed by atoms with Crippen LogP contribution in [0.1, 0.15) is 18.1 Å². The molecule has 56 heavy (non-hydrogen) atoms. The van der Waals surface area contributed by atoms with E-state index in [1.807, 2.05) is 0 Å². The molecule has 1 unspecified atom stereocenters. The zero-order chi connectivity index (χ0) is 37.3. The van der Waals surface area contributed by atoms with Gasteiger partial charge in [0, 0.05) is 44.6 Å². The Morgan fingerprint density at radius 2 is 1.21 bits per heavy atom. The lowest BCUT2D eigenvalue weighted by molar-refractivity contribution is 0.680. The summed E-state index contributed by atoms with van der Waals surface area (Å²) in [4.78, 5) is 2.52. The molecule has 0 aliphatic carbocycles. The largest absolute Gasteiger partial charge is 0.376 e. The fourth-order valence-corrected chi connectivity index (χ4v) is 9.22. The average Bonchev–Trinajstić information content (AvgIpc) is 3.79. The molecule has 1 aromatic heterocycles. The van der Waals surface area contributed by atoms with Crippen LogP contribution in [0.15, 0.2) is 195 Å². The maximum atomic E-state index is 4.75. The minimum atomic E-state index is 0.0940. The predicted molar refractivity (Wildman–Crippen MR) is 238 cm³/mol. The Hall–Kier alpha value is -7.10. The van der Waals surface area contributed by atoms with Crippen LogP contribution in [0.25, 0.3) is 71.7 Å². The highest BCUT2D eigenvalue weighted by molar-refractivity contribution is 6.11. The molecule has 2 aliphatic rings. The van der Waals surface area contributed by atoms with Gasteiger partial charge in [-0.05, 0) is 118 Å². The summed E-state index contributed by atoms with van der Waals surface area (Å²) in [5.74, 6) is 0. The van der Waals surface area contributed by atoms with Crippen LogP contribution >= 0.6 is 0 Å². The van der Waals surface area contributed by atoms with Crippen LogP contribution in [0.3, 0.4) is 0 Å². The van der Waals surface area contributed by atoms with Gasteiger partial charge in [0.15, 0.2) is 0 Å². The number of nitrogens with zero attached hydrogens (tertiary/aromatic N) is 2. The quantitative estimate of drug-likeness (QED) is 0.196. The first-order valence-electron chi connectivity index (χ1n) is 19.5. The highest BCUT2D eigenvalue weighted by Crippen LogP contribution is 2.47. The highest BCUT2D eigenvalue weighted by atomic mass is 15.2. The second-order valence-electron chi connectivity index (χ2n) is 15.2. The molecule has 3 nitrogen and oxygen atoms in total. The molecule has 0 spiro atoms. The topological polar surface area (TPSA) is 20.2 Å². The Morgan fingerprint density at radius 3 is 2.12 bits per heavy atom. The first-order chi connectivity index (χ1) is 27.6. The number of aromatic nitrogens is 1. The van der Waals surface area contributed by atoms with Crippen molar-refractivity contribution in [2.75, 3.05) is 10.2 Å². The van der Waals surface area contributed by atoms with Crippen LogP contribution in [-0.2, 0) is 0 Å². The molecule has 2 aliphatic heterocycles. The van der Waals surface area contributed by atoms with Gasteiger partial charge in [-0.25, -0.2) is 0 Å². The number of benzene rings is 8. The molecule has 0 amide bonds. The van der Waals surface area contributed by atoms with E-state index < -0.39 is 0 Å². The minimum Gasteiger partial charge on any atom is -0.376 e. The van der Waals surface area contributed by atoms with Gasteiger partial charge in [0.05, 0.1) is 23.1 Å². The molecular formula is C53H39N3. The molecule has 11 rings (SSSR count). The van der Waals surface area contributed by atoms with Gasteiger partial charge in [-0.2, -0.15) is 0 Å². The van der Waals surface area contributed by atoms with Crippen LogP contribution < -0.4 is 10.2 Å². The van der Waals surface area contributed by atoms with E-state index in [2.05, 4.69) is 210 Å². The number of nitrogens with one attached hydrogen (secondary N) is 1. The maximum Gasteiger partial charge on any atom is 0.0725 e. The first kappa shape index (κ1) is 32.3. The fraction of sp³-hybridized carbons (Fsp3) is 0.0566. The predicted octanol–water partition coefficient (Wildman–Crippen LogP) is 13.7. The number of fused-ring (bicyclic) bond motifs is 8. The zero-order valence-electron chi connectivity index (χ0n) is 31.2. The smallest absolute Gasteiger partial charge is 0.0725 e. The summed E-state index contributed by atoms with van der Waals surface area (Å²) in [5.41, 5.74) is 16.5. The molecule has 0 bridgehead atoms. The number of rotatable bonds is 4. The van der Waals surface area contributed by atoms with Gasteiger partial charge in [-0.15, -0.1) is 0 Å². The lowest BCUT2D eigenvalue weighted by atomic mass is 9.88. The number of hydrogen-bond donors (Lipinski definition) is 1. The number of hydrogen-bond acceptors (Lipinski definition) is 2. The summed E-state index contributed by atoms with van der Waals surface area (Å²) in [6, 6.07) is 66.5. The van der Waals surface area contributed by atoms with Crippen molar-refractivity contribution in [1.29, 1.82) is 0 Å². The minimum absolute atomic E-state index is 0.0940. The van der Waals surface area contributed by atoms with E-state index in [0.717, 1.165) is 22.5 Å². The summed E-state index contributed by atoms with van der Waals surface area (Å²) in [6.07, 6.45) is 2.32. The van der Waals surface area contributed by atoms with Crippen molar-refractivity contribution >= 4 is 60.8 Å². The van der Waals surface area contributed by atoms with Crippen molar-refractivity contribution < 1.29 is 0 Å². The summed E-state index contributed by atoms with van der Waals surface area (Å²) >= 11 is 0. The SMILES string of the molecule is C=C1/C=C2/c3ccccc3NC2[C@H](C)N(c2ccc3ccccc3c2)c2ccc(-c3ccc4c(c3)c3ccccc3n4-c3cccc(-c4ccccc4)c3)cc21. The van der Waals surface area contributed by atoms with E-state index >= 15 is 0 Å². The average molecular weight is 718 g/mol. The highest BCUT2D eigenvalue weighted by Gasteiger charge is 2.37. The second-order valence-corrected chi connectivity index (χ2v) is 15.2. The van der Waals surface area contributed by atoms with E-state index in [1.54, 1.807) is 0 Å². The normalized spacial score (nSPS) is 17.1. The van der Waals surface area contributed by atoms with Gasteiger partial charge < -0.3 is 14.8 Å². The van der Waals surface area contributed by atoms with Crippen molar-refractivity contribution in [2.45, 2.75) is 19.0 Å². The third-order valence-electron chi connectivity index (χ3n) is 11.9. The molecule has 1 N–H and O–H groups in total. The van der Waals surface area contributed by atoms with E-state index in [9.17, 15) is 0 Å². The molecule has 0 saturated heterocycles. The standard InChI is InChI=1S/C53H39N3/c1-34-29-48-44-19-8-10-21-49(44)54-53(48)35(2)55(43-26-23-37-15-6-7-16-38(37)31-43)51-27-24-40(32-46(34)51)41-25-28-52-47(33-41)45-20-9-11-22-50(45)56(52)42-18-12-17-39(30-42)36-13-4-3-5-14-36/h3-33,35,53-54H,1H2,2H3/b48-29-/t35-,53?/m0/s1. The monoisotopic (exact) mass is 717 g/mol. The van der Waals surface area contributed by atoms with E-state index in [0.29, 0.717) is 0 Å². The number of anilines is 3. The van der Waals surface area contributed by atoms with Crippen LogP contribution in [0.2, 0.25) is 0 Å². The van der Waals surface area contributed by atoms with Crippen molar-refractivity contribution in [2.24, 2.45) is 0 Å². The van der Waals surface area contributed by atoms with Crippen LogP contribution in [0, 0.1) is 0 Å². The Morgan fingerprint density at radius 1 is 0.500 bits per heavy atom. The fourth-order valence-electron chi connectivity index (χ4n) is 9.22. The molecule has 0 saturated carbocycles. The van der Waals surface area contributed by atoms with E-state index in [1.165, 1.54) is 77.3 Å². The Kier molecular flexibility index (Phi) is 7.36. The van der Waals surface area contributed by atoms with Gasteiger partial charge in [-0.3, -0.25) is 0 Å². The molecule has 0 radical (unpaired) electrons. The lowest BCUT2D eigenvalue weighted by Gasteiger charge is -2.39. The van der Waals surface area contributed by atoms with Crippen molar-refractivity contribution in [1.82, 2.24) is 4.57 Å². The van der Waals surface area contributed by atoms with Gasteiger partial charge in [0.25, 0.3) is 0 Å². The summed E-state index contributed by atoms with van der Waals surface area (Å²) in [7, 11) is 0. The Bertz CT molecular complexity index is 3060.